The van der Waals surface area contributed by atoms with E-state index in [-0.39, 0.29) is 18.0 Å². The lowest BCUT2D eigenvalue weighted by Crippen LogP contribution is -2.53. The zero-order valence-electron chi connectivity index (χ0n) is 13.8. The number of unbranched alkanes of at least 4 members (excludes halogenated alkanes) is 1. The van der Waals surface area contributed by atoms with E-state index in [0.29, 0.717) is 5.92 Å². The number of nitrogens with one attached hydrogen (secondary N) is 1. The minimum Gasteiger partial charge on any atom is -0.348 e. The summed E-state index contributed by atoms with van der Waals surface area (Å²) in [6.45, 7) is 8.63. The van der Waals surface area contributed by atoms with Crippen LogP contribution < -0.4 is 5.32 Å². The topological polar surface area (TPSA) is 32.3 Å². The lowest BCUT2D eigenvalue weighted by atomic mass is 9.90. The monoisotopic (exact) mass is 290 g/mol. The molecular formula is C18H30N2O. The fraction of sp³-hybridized carbons (Fsp3) is 0.722. The standard InChI is InChI=1S/C18H30N2O/c1-4-5-12-20-13-7-6-11-16(20)18(21)19-17-14(2)9-8-10-15(17)3/h8-10,14,16-17H,4-7,11-13H2,1-3H3,(H,19,21). The van der Waals surface area contributed by atoms with Crippen molar-refractivity contribution in [2.24, 2.45) is 5.92 Å². The molecule has 3 nitrogen and oxygen atoms in total. The van der Waals surface area contributed by atoms with Crippen LogP contribution in [0.2, 0.25) is 0 Å². The van der Waals surface area contributed by atoms with Crippen molar-refractivity contribution in [3.63, 3.8) is 0 Å². The first-order valence-corrected chi connectivity index (χ1v) is 8.53. The summed E-state index contributed by atoms with van der Waals surface area (Å²) in [6.07, 6.45) is 12.2. The van der Waals surface area contributed by atoms with Crippen LogP contribution in [0.5, 0.6) is 0 Å². The highest BCUT2D eigenvalue weighted by Gasteiger charge is 2.31. The van der Waals surface area contributed by atoms with E-state index in [2.05, 4.69) is 49.2 Å². The predicted molar refractivity (Wildman–Crippen MR) is 88.1 cm³/mol. The molecule has 2 aliphatic rings. The molecule has 3 unspecified atom stereocenters. The molecule has 1 N–H and O–H groups in total. The van der Waals surface area contributed by atoms with E-state index >= 15 is 0 Å². The van der Waals surface area contributed by atoms with Gasteiger partial charge in [0.25, 0.3) is 0 Å². The second-order valence-corrected chi connectivity index (χ2v) is 6.54. The smallest absolute Gasteiger partial charge is 0.237 e. The van der Waals surface area contributed by atoms with Gasteiger partial charge in [0.1, 0.15) is 0 Å². The summed E-state index contributed by atoms with van der Waals surface area (Å²) in [4.78, 5) is 15.1. The molecule has 1 saturated heterocycles. The van der Waals surface area contributed by atoms with Crippen LogP contribution in [-0.4, -0.2) is 36.0 Å². The Kier molecular flexibility index (Phi) is 6.04. The van der Waals surface area contributed by atoms with Gasteiger partial charge in [-0.2, -0.15) is 0 Å². The number of nitrogens with zero attached hydrogens (tertiary/aromatic N) is 1. The largest absolute Gasteiger partial charge is 0.348 e. The maximum absolute atomic E-state index is 12.7. The van der Waals surface area contributed by atoms with Crippen LogP contribution in [0.4, 0.5) is 0 Å². The van der Waals surface area contributed by atoms with E-state index < -0.39 is 0 Å². The summed E-state index contributed by atoms with van der Waals surface area (Å²) in [5.74, 6) is 0.609. The van der Waals surface area contributed by atoms with Crippen molar-refractivity contribution in [1.29, 1.82) is 0 Å². The van der Waals surface area contributed by atoms with Crippen molar-refractivity contribution < 1.29 is 4.79 Å². The van der Waals surface area contributed by atoms with E-state index in [9.17, 15) is 4.79 Å². The molecule has 1 amide bonds. The second-order valence-electron chi connectivity index (χ2n) is 6.54. The first kappa shape index (κ1) is 16.3. The summed E-state index contributed by atoms with van der Waals surface area (Å²) in [5.41, 5.74) is 1.26. The van der Waals surface area contributed by atoms with Crippen molar-refractivity contribution in [3.05, 3.63) is 23.8 Å². The maximum atomic E-state index is 12.7. The Balaban J connectivity index is 1.97. The number of amides is 1. The Morgan fingerprint density at radius 3 is 2.95 bits per heavy atom. The van der Waals surface area contributed by atoms with Gasteiger partial charge in [-0.15, -0.1) is 0 Å². The number of hydrogen-bond donors (Lipinski definition) is 1. The Labute approximate surface area is 129 Å². The minimum atomic E-state index is 0.0798. The molecule has 2 rings (SSSR count). The molecule has 3 atom stereocenters. The average Bonchev–Trinajstić information content (AvgIpc) is 2.49. The van der Waals surface area contributed by atoms with Gasteiger partial charge in [-0.25, -0.2) is 0 Å². The van der Waals surface area contributed by atoms with Crippen molar-refractivity contribution >= 4 is 5.91 Å². The number of allylic oxidation sites excluding steroid dienone is 2. The highest BCUT2D eigenvalue weighted by molar-refractivity contribution is 5.82. The lowest BCUT2D eigenvalue weighted by molar-refractivity contribution is -0.128. The number of carbonyl (C=O) groups excluding carboxylic acids is 1. The fourth-order valence-corrected chi connectivity index (χ4v) is 3.42. The molecule has 1 aliphatic carbocycles. The number of hydrogen-bond acceptors (Lipinski definition) is 2. The Morgan fingerprint density at radius 2 is 2.24 bits per heavy atom. The van der Waals surface area contributed by atoms with Crippen molar-refractivity contribution in [3.8, 4) is 0 Å². The molecule has 0 saturated carbocycles. The highest BCUT2D eigenvalue weighted by atomic mass is 16.2. The first-order valence-electron chi connectivity index (χ1n) is 8.53. The fourth-order valence-electron chi connectivity index (χ4n) is 3.42. The summed E-state index contributed by atoms with van der Waals surface area (Å²) in [5, 5.41) is 3.29. The lowest BCUT2D eigenvalue weighted by Gasteiger charge is -2.36. The summed E-state index contributed by atoms with van der Waals surface area (Å²) < 4.78 is 0. The molecule has 0 aromatic carbocycles. The number of carbonyl (C=O) groups is 1. The Morgan fingerprint density at radius 1 is 1.43 bits per heavy atom. The number of rotatable bonds is 5. The Bertz CT molecular complexity index is 413. The van der Waals surface area contributed by atoms with Gasteiger partial charge < -0.3 is 5.32 Å². The maximum Gasteiger partial charge on any atom is 0.237 e. The predicted octanol–water partition coefficient (Wildman–Crippen LogP) is 3.28. The van der Waals surface area contributed by atoms with E-state index in [1.165, 1.54) is 31.3 Å². The van der Waals surface area contributed by atoms with Crippen molar-refractivity contribution in [2.75, 3.05) is 13.1 Å². The van der Waals surface area contributed by atoms with Gasteiger partial charge >= 0.3 is 0 Å². The normalized spacial score (nSPS) is 30.0. The van der Waals surface area contributed by atoms with Gasteiger partial charge in [-0.3, -0.25) is 9.69 Å². The van der Waals surface area contributed by atoms with E-state index in [1.54, 1.807) is 0 Å². The summed E-state index contributed by atoms with van der Waals surface area (Å²) in [6, 6.07) is 0.244. The highest BCUT2D eigenvalue weighted by Crippen LogP contribution is 2.21. The van der Waals surface area contributed by atoms with E-state index in [1.807, 2.05) is 0 Å². The molecular weight excluding hydrogens is 260 g/mol. The average molecular weight is 290 g/mol. The molecule has 0 radical (unpaired) electrons. The van der Waals surface area contributed by atoms with Gasteiger partial charge in [-0.05, 0) is 45.2 Å². The summed E-state index contributed by atoms with van der Waals surface area (Å²) >= 11 is 0. The van der Waals surface area contributed by atoms with Crippen LogP contribution in [0.25, 0.3) is 0 Å². The van der Waals surface area contributed by atoms with Gasteiger partial charge in [0.2, 0.25) is 5.91 Å². The molecule has 21 heavy (non-hydrogen) atoms. The van der Waals surface area contributed by atoms with Gasteiger partial charge in [0.05, 0.1) is 12.1 Å². The quantitative estimate of drug-likeness (QED) is 0.843. The molecule has 1 heterocycles. The number of piperidine rings is 1. The van der Waals surface area contributed by atoms with Gasteiger partial charge in [-0.1, -0.05) is 50.5 Å². The summed E-state index contributed by atoms with van der Waals surface area (Å²) in [7, 11) is 0. The van der Waals surface area contributed by atoms with Crippen LogP contribution in [0.1, 0.15) is 52.9 Å². The SMILES string of the molecule is CCCCN1CCCCC1C(=O)NC1C(C)=CC=CC1C. The molecule has 0 spiro atoms. The number of likely N-dealkylation sites (tertiary alicyclic amines) is 1. The first-order chi connectivity index (χ1) is 10.1. The molecule has 3 heteroatoms. The minimum absolute atomic E-state index is 0.0798. The third kappa shape index (κ3) is 4.19. The Hall–Kier alpha value is -1.09. The third-order valence-corrected chi connectivity index (χ3v) is 4.80. The van der Waals surface area contributed by atoms with Gasteiger partial charge in [0, 0.05) is 0 Å². The van der Waals surface area contributed by atoms with Crippen LogP contribution in [0, 0.1) is 5.92 Å². The van der Waals surface area contributed by atoms with E-state index in [0.717, 1.165) is 19.5 Å². The molecule has 0 bridgehead atoms. The molecule has 1 fully saturated rings. The van der Waals surface area contributed by atoms with E-state index in [4.69, 9.17) is 0 Å². The third-order valence-electron chi connectivity index (χ3n) is 4.80. The second kappa shape index (κ2) is 7.79. The molecule has 1 aliphatic heterocycles. The molecule has 0 aromatic heterocycles. The zero-order valence-corrected chi connectivity index (χ0v) is 13.8. The van der Waals surface area contributed by atoms with Crippen molar-refractivity contribution in [2.45, 2.75) is 65.0 Å². The molecule has 118 valence electrons. The van der Waals surface area contributed by atoms with Crippen LogP contribution >= 0.6 is 0 Å². The van der Waals surface area contributed by atoms with Crippen LogP contribution in [-0.2, 0) is 4.79 Å². The zero-order chi connectivity index (χ0) is 15.2. The van der Waals surface area contributed by atoms with Gasteiger partial charge in [0.15, 0.2) is 0 Å². The van der Waals surface area contributed by atoms with Crippen LogP contribution in [0.15, 0.2) is 23.8 Å². The van der Waals surface area contributed by atoms with Crippen LogP contribution in [0.3, 0.4) is 0 Å². The molecule has 0 aromatic rings. The van der Waals surface area contributed by atoms with Crippen molar-refractivity contribution in [1.82, 2.24) is 10.2 Å².